The molecule has 1 atom stereocenters. The lowest BCUT2D eigenvalue weighted by Gasteiger charge is -2.26. The number of carbonyl (C=O) groups excluding carboxylic acids is 2. The standard InChI is InChI=1S/C27H37N3O6/c1-6-33-21-11-9-20(15-24(21)34-7-2)28-25(31)16-30(5)17-26(32)29-27(18(3)4)19-8-10-22-23(14-19)36-13-12-35-22/h8-11,14-15,18,27H,6-7,12-13,16-17H2,1-5H3,(H,28,31)(H,29,32). The van der Waals surface area contributed by atoms with Gasteiger partial charge in [0.05, 0.1) is 32.3 Å². The maximum absolute atomic E-state index is 12.8. The van der Waals surface area contributed by atoms with Crippen LogP contribution < -0.4 is 29.6 Å². The molecule has 0 fully saturated rings. The maximum atomic E-state index is 12.8. The van der Waals surface area contributed by atoms with Crippen LogP contribution >= 0.6 is 0 Å². The van der Waals surface area contributed by atoms with E-state index in [0.717, 1.165) is 5.56 Å². The molecule has 9 nitrogen and oxygen atoms in total. The largest absolute Gasteiger partial charge is 0.490 e. The quantitative estimate of drug-likeness (QED) is 0.460. The van der Waals surface area contributed by atoms with Crippen LogP contribution in [0.25, 0.3) is 0 Å². The van der Waals surface area contributed by atoms with Crippen molar-refractivity contribution in [2.24, 2.45) is 5.92 Å². The third-order valence-electron chi connectivity index (χ3n) is 5.56. The van der Waals surface area contributed by atoms with Crippen molar-refractivity contribution in [2.45, 2.75) is 33.7 Å². The van der Waals surface area contributed by atoms with Crippen molar-refractivity contribution in [3.05, 3.63) is 42.0 Å². The molecule has 1 unspecified atom stereocenters. The second kappa shape index (κ2) is 13.0. The number of nitrogens with zero attached hydrogens (tertiary/aromatic N) is 1. The van der Waals surface area contributed by atoms with Gasteiger partial charge in [-0.1, -0.05) is 19.9 Å². The zero-order valence-corrected chi connectivity index (χ0v) is 21.8. The van der Waals surface area contributed by atoms with Crippen LogP contribution in [0.4, 0.5) is 5.69 Å². The molecule has 0 saturated carbocycles. The minimum atomic E-state index is -0.232. The van der Waals surface area contributed by atoms with Gasteiger partial charge in [0.1, 0.15) is 13.2 Å². The number of fused-ring (bicyclic) bond motifs is 1. The van der Waals surface area contributed by atoms with E-state index in [9.17, 15) is 9.59 Å². The van der Waals surface area contributed by atoms with E-state index in [-0.39, 0.29) is 36.9 Å². The smallest absolute Gasteiger partial charge is 0.238 e. The van der Waals surface area contributed by atoms with E-state index in [2.05, 4.69) is 10.6 Å². The van der Waals surface area contributed by atoms with Gasteiger partial charge in [0.2, 0.25) is 11.8 Å². The van der Waals surface area contributed by atoms with Crippen LogP contribution in [0.15, 0.2) is 36.4 Å². The summed E-state index contributed by atoms with van der Waals surface area (Å²) < 4.78 is 22.5. The van der Waals surface area contributed by atoms with Crippen molar-refractivity contribution in [1.82, 2.24) is 10.2 Å². The molecule has 9 heteroatoms. The Morgan fingerprint density at radius 2 is 1.58 bits per heavy atom. The number of ether oxygens (including phenoxy) is 4. The van der Waals surface area contributed by atoms with Gasteiger partial charge >= 0.3 is 0 Å². The van der Waals surface area contributed by atoms with E-state index in [1.165, 1.54) is 0 Å². The second-order valence-corrected chi connectivity index (χ2v) is 8.94. The van der Waals surface area contributed by atoms with Crippen LogP contribution in [-0.2, 0) is 9.59 Å². The molecular formula is C27H37N3O6. The molecule has 0 spiro atoms. The van der Waals surface area contributed by atoms with Gasteiger partial charge in [-0.25, -0.2) is 0 Å². The fourth-order valence-corrected chi connectivity index (χ4v) is 3.98. The van der Waals surface area contributed by atoms with E-state index in [4.69, 9.17) is 18.9 Å². The molecule has 0 aliphatic carbocycles. The highest BCUT2D eigenvalue weighted by Gasteiger charge is 2.22. The van der Waals surface area contributed by atoms with Crippen LogP contribution in [0.1, 0.15) is 39.3 Å². The number of hydrogen-bond acceptors (Lipinski definition) is 7. The Morgan fingerprint density at radius 3 is 2.28 bits per heavy atom. The first-order valence-corrected chi connectivity index (χ1v) is 12.4. The van der Waals surface area contributed by atoms with Gasteiger partial charge in [-0.15, -0.1) is 0 Å². The normalized spacial score (nSPS) is 13.3. The van der Waals surface area contributed by atoms with Gasteiger partial charge in [0.25, 0.3) is 0 Å². The fourth-order valence-electron chi connectivity index (χ4n) is 3.98. The molecule has 2 aromatic rings. The van der Waals surface area contributed by atoms with E-state index in [0.29, 0.717) is 55.1 Å². The molecule has 1 aliphatic rings. The zero-order chi connectivity index (χ0) is 26.1. The third-order valence-corrected chi connectivity index (χ3v) is 5.56. The number of anilines is 1. The summed E-state index contributed by atoms with van der Waals surface area (Å²) in [4.78, 5) is 27.1. The third kappa shape index (κ3) is 7.52. The highest BCUT2D eigenvalue weighted by molar-refractivity contribution is 5.93. The Balaban J connectivity index is 1.55. The predicted molar refractivity (Wildman–Crippen MR) is 138 cm³/mol. The molecule has 2 aromatic carbocycles. The van der Waals surface area contributed by atoms with Gasteiger partial charge in [-0.2, -0.15) is 0 Å². The van der Waals surface area contributed by atoms with Gasteiger partial charge in [-0.3, -0.25) is 14.5 Å². The van der Waals surface area contributed by atoms with Crippen molar-refractivity contribution >= 4 is 17.5 Å². The van der Waals surface area contributed by atoms with E-state index in [1.807, 2.05) is 45.9 Å². The topological polar surface area (TPSA) is 98.4 Å². The molecule has 0 radical (unpaired) electrons. The summed E-state index contributed by atoms with van der Waals surface area (Å²) in [5.74, 6) is 2.36. The van der Waals surface area contributed by atoms with Gasteiger partial charge in [0, 0.05) is 11.8 Å². The minimum absolute atomic E-state index is 0.0565. The molecule has 36 heavy (non-hydrogen) atoms. The average molecular weight is 500 g/mol. The van der Waals surface area contributed by atoms with Gasteiger partial charge < -0.3 is 29.6 Å². The van der Waals surface area contributed by atoms with Gasteiger partial charge in [0.15, 0.2) is 23.0 Å². The lowest BCUT2D eigenvalue weighted by atomic mass is 9.95. The van der Waals surface area contributed by atoms with Crippen molar-refractivity contribution < 1.29 is 28.5 Å². The maximum Gasteiger partial charge on any atom is 0.238 e. The number of nitrogens with one attached hydrogen (secondary N) is 2. The van der Waals surface area contributed by atoms with Crippen LogP contribution in [0.3, 0.4) is 0 Å². The highest BCUT2D eigenvalue weighted by atomic mass is 16.6. The number of amides is 2. The predicted octanol–water partition coefficient (Wildman–Crippen LogP) is 3.64. The van der Waals surface area contributed by atoms with E-state index >= 15 is 0 Å². The molecule has 196 valence electrons. The molecule has 2 N–H and O–H groups in total. The number of hydrogen-bond donors (Lipinski definition) is 2. The van der Waals surface area contributed by atoms with Gasteiger partial charge in [-0.05, 0) is 56.6 Å². The van der Waals surface area contributed by atoms with Crippen LogP contribution in [0.5, 0.6) is 23.0 Å². The Kier molecular flexibility index (Phi) is 9.81. The average Bonchev–Trinajstić information content (AvgIpc) is 2.83. The summed E-state index contributed by atoms with van der Waals surface area (Å²) in [7, 11) is 1.73. The zero-order valence-electron chi connectivity index (χ0n) is 21.8. The summed E-state index contributed by atoms with van der Waals surface area (Å²) in [5, 5.41) is 5.95. The first-order valence-electron chi connectivity index (χ1n) is 12.4. The Hall–Kier alpha value is -3.46. The minimum Gasteiger partial charge on any atom is -0.490 e. The lowest BCUT2D eigenvalue weighted by Crippen LogP contribution is -2.41. The summed E-state index contributed by atoms with van der Waals surface area (Å²) in [5.41, 5.74) is 1.55. The Labute approximate surface area is 213 Å². The van der Waals surface area contributed by atoms with Crippen LogP contribution in [-0.4, -0.2) is 63.3 Å². The summed E-state index contributed by atoms with van der Waals surface area (Å²) >= 11 is 0. The van der Waals surface area contributed by atoms with Crippen LogP contribution in [0, 0.1) is 5.92 Å². The van der Waals surface area contributed by atoms with E-state index in [1.54, 1.807) is 30.1 Å². The molecule has 0 bridgehead atoms. The summed E-state index contributed by atoms with van der Waals surface area (Å²) in [6.45, 7) is 10.1. The van der Waals surface area contributed by atoms with Crippen LogP contribution in [0.2, 0.25) is 0 Å². The fraction of sp³-hybridized carbons (Fsp3) is 0.481. The SMILES string of the molecule is CCOc1ccc(NC(=O)CN(C)CC(=O)NC(c2ccc3c(c2)OCCO3)C(C)C)cc1OCC. The molecule has 1 heterocycles. The Bertz CT molecular complexity index is 1040. The molecule has 0 aromatic heterocycles. The number of rotatable bonds is 12. The van der Waals surface area contributed by atoms with Crippen molar-refractivity contribution in [3.8, 4) is 23.0 Å². The monoisotopic (exact) mass is 499 g/mol. The molecule has 2 amide bonds. The second-order valence-electron chi connectivity index (χ2n) is 8.94. The van der Waals surface area contributed by atoms with Crippen molar-refractivity contribution in [1.29, 1.82) is 0 Å². The van der Waals surface area contributed by atoms with Crippen molar-refractivity contribution in [2.75, 3.05) is 51.9 Å². The van der Waals surface area contributed by atoms with Crippen molar-refractivity contribution in [3.63, 3.8) is 0 Å². The molecular weight excluding hydrogens is 462 g/mol. The Morgan fingerprint density at radius 1 is 0.917 bits per heavy atom. The number of carbonyl (C=O) groups is 2. The first kappa shape index (κ1) is 27.1. The lowest BCUT2D eigenvalue weighted by molar-refractivity contribution is -0.123. The summed E-state index contributed by atoms with van der Waals surface area (Å²) in [6.07, 6.45) is 0. The van der Waals surface area contributed by atoms with E-state index < -0.39 is 0 Å². The number of likely N-dealkylation sites (N-methyl/N-ethyl adjacent to an activating group) is 1. The molecule has 1 aliphatic heterocycles. The number of benzene rings is 2. The first-order chi connectivity index (χ1) is 17.3. The molecule has 3 rings (SSSR count). The highest BCUT2D eigenvalue weighted by Crippen LogP contribution is 2.34. The molecule has 0 saturated heterocycles. The summed E-state index contributed by atoms with van der Waals surface area (Å²) in [6, 6.07) is 10.8.